The molecule has 0 heterocycles. The van der Waals surface area contributed by atoms with E-state index >= 15 is 0 Å². The fourth-order valence-electron chi connectivity index (χ4n) is 2.88. The lowest BCUT2D eigenvalue weighted by Gasteiger charge is -2.08. The van der Waals surface area contributed by atoms with Crippen molar-refractivity contribution in [3.05, 3.63) is 101 Å². The maximum atomic E-state index is 11.1. The number of hydrazine groups is 1. The number of aromatic carboxylic acids is 1. The van der Waals surface area contributed by atoms with Gasteiger partial charge in [0.05, 0.1) is 12.1 Å². The van der Waals surface area contributed by atoms with Crippen LogP contribution in [-0.2, 0) is 13.0 Å². The number of amidine groups is 1. The zero-order valence-corrected chi connectivity index (χ0v) is 15.2. The molecule has 0 aliphatic carbocycles. The Balaban J connectivity index is 1.72. The fraction of sp³-hybridized carbons (Fsp3) is 0.0909. The van der Waals surface area contributed by atoms with Crippen molar-refractivity contribution in [1.29, 1.82) is 0 Å². The van der Waals surface area contributed by atoms with E-state index in [-0.39, 0.29) is 11.3 Å². The summed E-state index contributed by atoms with van der Waals surface area (Å²) in [5.41, 5.74) is 6.57. The van der Waals surface area contributed by atoms with Crippen molar-refractivity contribution in [2.45, 2.75) is 13.0 Å². The minimum absolute atomic E-state index is 0.228. The van der Waals surface area contributed by atoms with Crippen molar-refractivity contribution in [1.82, 2.24) is 5.43 Å². The molecule has 3 aromatic carbocycles. The lowest BCUT2D eigenvalue weighted by molar-refractivity contribution is 0.0696. The second-order valence-corrected chi connectivity index (χ2v) is 6.36. The lowest BCUT2D eigenvalue weighted by Crippen LogP contribution is -2.31. The number of hydrogen-bond donors (Lipinski definition) is 4. The molecule has 0 atom stereocenters. The van der Waals surface area contributed by atoms with E-state index in [2.05, 4.69) is 10.4 Å². The van der Waals surface area contributed by atoms with Gasteiger partial charge in [-0.25, -0.2) is 10.6 Å². The third-order valence-corrected chi connectivity index (χ3v) is 4.28. The van der Waals surface area contributed by atoms with Crippen LogP contribution in [0, 0.1) is 0 Å². The van der Waals surface area contributed by atoms with Gasteiger partial charge in [-0.2, -0.15) is 0 Å². The Labute approximate surface area is 163 Å². The SMILES string of the molecule is NNC(=NCc1cccc(C(=O)O)c1)c1ccc(Cc2cccc(O)c2)cc1. The average Bonchev–Trinajstić information content (AvgIpc) is 2.70. The van der Waals surface area contributed by atoms with Crippen LogP contribution >= 0.6 is 0 Å². The summed E-state index contributed by atoms with van der Waals surface area (Å²) in [4.78, 5) is 15.5. The minimum atomic E-state index is -0.967. The maximum Gasteiger partial charge on any atom is 0.335 e. The Hall–Kier alpha value is -3.64. The maximum absolute atomic E-state index is 11.1. The van der Waals surface area contributed by atoms with Crippen LogP contribution in [0.5, 0.6) is 5.75 Å². The largest absolute Gasteiger partial charge is 0.508 e. The van der Waals surface area contributed by atoms with Crippen molar-refractivity contribution >= 4 is 11.8 Å². The number of nitrogens with zero attached hydrogens (tertiary/aromatic N) is 1. The normalized spacial score (nSPS) is 11.2. The number of phenolic OH excluding ortho intramolecular Hbond substituents is 1. The quantitative estimate of drug-likeness (QED) is 0.229. The monoisotopic (exact) mass is 375 g/mol. The number of nitrogens with one attached hydrogen (secondary N) is 1. The molecular weight excluding hydrogens is 354 g/mol. The van der Waals surface area contributed by atoms with Gasteiger partial charge in [0.2, 0.25) is 0 Å². The summed E-state index contributed by atoms with van der Waals surface area (Å²) in [6.07, 6.45) is 0.708. The summed E-state index contributed by atoms with van der Waals surface area (Å²) in [6.45, 7) is 0.311. The first kappa shape index (κ1) is 19.1. The second kappa shape index (κ2) is 8.83. The highest BCUT2D eigenvalue weighted by Crippen LogP contribution is 2.16. The second-order valence-electron chi connectivity index (χ2n) is 6.36. The number of carboxylic acid groups (broad SMARTS) is 1. The molecule has 3 aromatic rings. The van der Waals surface area contributed by atoms with Gasteiger partial charge in [0, 0.05) is 5.56 Å². The van der Waals surface area contributed by atoms with Crippen molar-refractivity contribution in [3.63, 3.8) is 0 Å². The first-order valence-corrected chi connectivity index (χ1v) is 8.75. The number of hydrogen-bond acceptors (Lipinski definition) is 4. The van der Waals surface area contributed by atoms with E-state index in [9.17, 15) is 9.90 Å². The zero-order chi connectivity index (χ0) is 19.9. The van der Waals surface area contributed by atoms with Crippen LogP contribution in [0.15, 0.2) is 77.8 Å². The molecule has 0 aromatic heterocycles. The van der Waals surface area contributed by atoms with Crippen LogP contribution < -0.4 is 11.3 Å². The van der Waals surface area contributed by atoms with Gasteiger partial charge in [-0.15, -0.1) is 0 Å². The topological polar surface area (TPSA) is 108 Å². The number of carbonyl (C=O) groups is 1. The number of aliphatic imine (C=N–C) groups is 1. The highest BCUT2D eigenvalue weighted by Gasteiger charge is 2.05. The molecule has 0 saturated carbocycles. The summed E-state index contributed by atoms with van der Waals surface area (Å²) >= 11 is 0. The summed E-state index contributed by atoms with van der Waals surface area (Å²) in [5.74, 6) is 5.43. The van der Waals surface area contributed by atoms with Gasteiger partial charge in [0.25, 0.3) is 0 Å². The number of rotatable bonds is 6. The first-order chi connectivity index (χ1) is 13.5. The Bertz CT molecular complexity index is 998. The Morgan fingerprint density at radius 2 is 1.61 bits per heavy atom. The Morgan fingerprint density at radius 1 is 0.893 bits per heavy atom. The van der Waals surface area contributed by atoms with E-state index < -0.39 is 5.97 Å². The Kier molecular flexibility index (Phi) is 6.04. The summed E-state index contributed by atoms with van der Waals surface area (Å²) < 4.78 is 0. The van der Waals surface area contributed by atoms with Gasteiger partial charge in [-0.1, -0.05) is 48.5 Å². The van der Waals surface area contributed by atoms with Crippen LogP contribution in [0.4, 0.5) is 0 Å². The molecule has 6 heteroatoms. The van der Waals surface area contributed by atoms with Crippen LogP contribution in [0.1, 0.15) is 32.6 Å². The molecule has 0 fully saturated rings. The van der Waals surface area contributed by atoms with Crippen LogP contribution in [-0.4, -0.2) is 22.0 Å². The van der Waals surface area contributed by atoms with Crippen LogP contribution in [0.2, 0.25) is 0 Å². The molecule has 0 aliphatic rings. The summed E-state index contributed by atoms with van der Waals surface area (Å²) in [5, 5.41) is 18.6. The van der Waals surface area contributed by atoms with Crippen molar-refractivity contribution in [3.8, 4) is 5.75 Å². The predicted octanol–water partition coefficient (Wildman–Crippen LogP) is 3.09. The third-order valence-electron chi connectivity index (χ3n) is 4.28. The van der Waals surface area contributed by atoms with E-state index in [0.29, 0.717) is 18.8 Å². The van der Waals surface area contributed by atoms with E-state index in [1.807, 2.05) is 42.5 Å². The van der Waals surface area contributed by atoms with Crippen LogP contribution in [0.3, 0.4) is 0 Å². The fourth-order valence-corrected chi connectivity index (χ4v) is 2.88. The molecule has 28 heavy (non-hydrogen) atoms. The van der Waals surface area contributed by atoms with E-state index in [1.54, 1.807) is 30.3 Å². The molecule has 0 unspecified atom stereocenters. The van der Waals surface area contributed by atoms with E-state index in [1.165, 1.54) is 0 Å². The van der Waals surface area contributed by atoms with Crippen LogP contribution in [0.25, 0.3) is 0 Å². The predicted molar refractivity (Wildman–Crippen MR) is 108 cm³/mol. The van der Waals surface area contributed by atoms with Crippen molar-refractivity contribution in [2.75, 3.05) is 0 Å². The average molecular weight is 375 g/mol. The molecule has 0 bridgehead atoms. The first-order valence-electron chi connectivity index (χ1n) is 8.75. The third kappa shape index (κ3) is 4.96. The smallest absolute Gasteiger partial charge is 0.335 e. The Morgan fingerprint density at radius 3 is 2.29 bits per heavy atom. The standard InChI is InChI=1S/C22H21N3O3/c23-25-21(24-14-17-4-1-5-19(12-17)22(27)28)18-9-7-15(8-10-18)11-16-3-2-6-20(26)13-16/h1-10,12-13,26H,11,14,23H2,(H,24,25)(H,27,28). The van der Waals surface area contributed by atoms with Crippen molar-refractivity contribution < 1.29 is 15.0 Å². The van der Waals surface area contributed by atoms with Gasteiger partial charge in [-0.3, -0.25) is 4.99 Å². The molecule has 0 amide bonds. The van der Waals surface area contributed by atoms with Gasteiger partial charge in [0.1, 0.15) is 11.6 Å². The summed E-state index contributed by atoms with van der Waals surface area (Å²) in [7, 11) is 0. The summed E-state index contributed by atoms with van der Waals surface area (Å²) in [6, 6.07) is 21.6. The zero-order valence-electron chi connectivity index (χ0n) is 15.2. The van der Waals surface area contributed by atoms with Gasteiger partial charge < -0.3 is 15.6 Å². The molecule has 0 aliphatic heterocycles. The van der Waals surface area contributed by atoms with Gasteiger partial charge in [0.15, 0.2) is 0 Å². The molecule has 142 valence electrons. The number of carboxylic acids is 1. The molecular formula is C22H21N3O3. The van der Waals surface area contributed by atoms with Gasteiger partial charge >= 0.3 is 5.97 Å². The molecule has 0 spiro atoms. The molecule has 0 radical (unpaired) electrons. The highest BCUT2D eigenvalue weighted by molar-refractivity contribution is 5.98. The highest BCUT2D eigenvalue weighted by atomic mass is 16.4. The number of phenols is 1. The van der Waals surface area contributed by atoms with E-state index in [4.69, 9.17) is 10.9 Å². The minimum Gasteiger partial charge on any atom is -0.508 e. The van der Waals surface area contributed by atoms with Gasteiger partial charge in [-0.05, 0) is 47.4 Å². The number of aromatic hydroxyl groups is 1. The number of nitrogens with two attached hydrogens (primary N) is 1. The molecule has 5 N–H and O–H groups in total. The van der Waals surface area contributed by atoms with Crippen molar-refractivity contribution in [2.24, 2.45) is 10.8 Å². The molecule has 6 nitrogen and oxygen atoms in total. The number of benzene rings is 3. The molecule has 3 rings (SSSR count). The lowest BCUT2D eigenvalue weighted by atomic mass is 10.0. The van der Waals surface area contributed by atoms with E-state index in [0.717, 1.165) is 22.3 Å². The molecule has 0 saturated heterocycles.